The molecule has 0 saturated heterocycles. The zero-order chi connectivity index (χ0) is 36.6. The number of hydrogen-bond acceptors (Lipinski definition) is 10. The van der Waals surface area contributed by atoms with Gasteiger partial charge in [0.2, 0.25) is 0 Å². The van der Waals surface area contributed by atoms with Crippen LogP contribution in [0.15, 0.2) is 54.9 Å². The number of nitrogens with zero attached hydrogens (tertiary/aromatic N) is 3. The molecular weight excluding hydrogens is 719 g/mol. The molecule has 50 heavy (non-hydrogen) atoms. The average Bonchev–Trinajstić information content (AvgIpc) is 3.84. The normalized spacial score (nSPS) is 14.3. The summed E-state index contributed by atoms with van der Waals surface area (Å²) in [5.74, 6) is -1.02. The number of halogens is 4. The number of pyridine rings is 1. The molecule has 2 aromatic carbocycles. The monoisotopic (exact) mass is 756 g/mol. The lowest BCUT2D eigenvalue weighted by Crippen LogP contribution is -2.36. The molecule has 0 spiro atoms. The zero-order valence-corrected chi connectivity index (χ0v) is 30.2. The van der Waals surface area contributed by atoms with E-state index in [9.17, 15) is 27.1 Å². The molecule has 1 fully saturated rings. The number of alkyl halides is 2. The number of aromatic nitrogens is 1. The summed E-state index contributed by atoms with van der Waals surface area (Å²) in [6.45, 7) is 1.96. The van der Waals surface area contributed by atoms with E-state index in [0.29, 0.717) is 23.7 Å². The lowest BCUT2D eigenvalue weighted by molar-refractivity contribution is -0.153. The van der Waals surface area contributed by atoms with E-state index in [1.807, 2.05) is 0 Å². The highest BCUT2D eigenvalue weighted by Crippen LogP contribution is 2.38. The second-order valence-electron chi connectivity index (χ2n) is 12.8. The second kappa shape index (κ2) is 17.6. The third kappa shape index (κ3) is 12.3. The first-order chi connectivity index (χ1) is 23.6. The van der Waals surface area contributed by atoms with Crippen LogP contribution >= 0.6 is 23.2 Å². The van der Waals surface area contributed by atoms with E-state index in [-0.39, 0.29) is 46.7 Å². The molecule has 1 saturated carbocycles. The van der Waals surface area contributed by atoms with Crippen LogP contribution in [0.4, 0.5) is 14.5 Å². The van der Waals surface area contributed by atoms with Crippen molar-refractivity contribution in [3.8, 4) is 11.5 Å². The van der Waals surface area contributed by atoms with E-state index >= 15 is 0 Å². The number of carbonyl (C=O) groups is 2. The summed E-state index contributed by atoms with van der Waals surface area (Å²) in [6.07, 6.45) is 3.89. The summed E-state index contributed by atoms with van der Waals surface area (Å²) in [5.41, 5.74) is 1.15. The predicted molar refractivity (Wildman–Crippen MR) is 183 cm³/mol. The van der Waals surface area contributed by atoms with Crippen LogP contribution in [-0.2, 0) is 43.3 Å². The number of ether oxygens (including phenoxy) is 4. The highest BCUT2D eigenvalue weighted by atomic mass is 35.5. The maximum Gasteiger partial charge on any atom is 0.387 e. The molecule has 3 aromatic rings. The molecule has 1 aliphatic rings. The van der Waals surface area contributed by atoms with E-state index in [1.54, 1.807) is 57.0 Å². The number of anilines is 1. The Bertz CT molecular complexity index is 1640. The molecule has 1 unspecified atom stereocenters. The number of benzene rings is 2. The highest BCUT2D eigenvalue weighted by molar-refractivity contribution is 7.80. The van der Waals surface area contributed by atoms with Crippen molar-refractivity contribution in [3.63, 3.8) is 0 Å². The van der Waals surface area contributed by atoms with Crippen molar-refractivity contribution in [1.29, 1.82) is 0 Å². The summed E-state index contributed by atoms with van der Waals surface area (Å²) in [5, 5.41) is 0.514. The van der Waals surface area contributed by atoms with Crippen LogP contribution in [0.3, 0.4) is 0 Å². The Morgan fingerprint density at radius 2 is 1.68 bits per heavy atom. The maximum absolute atomic E-state index is 13.3. The first-order valence-electron chi connectivity index (χ1n) is 15.6. The fraction of sp³-hybridized carbons (Fsp3) is 0.441. The fourth-order valence-corrected chi connectivity index (χ4v) is 5.87. The van der Waals surface area contributed by atoms with Gasteiger partial charge in [-0.1, -0.05) is 41.4 Å². The van der Waals surface area contributed by atoms with Gasteiger partial charge in [0.05, 0.1) is 23.2 Å². The van der Waals surface area contributed by atoms with Crippen molar-refractivity contribution in [2.45, 2.75) is 64.9 Å². The molecule has 272 valence electrons. The second-order valence-corrected chi connectivity index (χ2v) is 14.5. The SMILES string of the molecule is CN(CC(=O)O[C@@H](Cc1c(Cl)cncc1Cl)c1ccc(OC(F)F)c(OCC2CC2)c1)Cc1ccc(N(CC(=O)OC(C)(C)C)S(=O)[O-])cc1. The van der Waals surface area contributed by atoms with Gasteiger partial charge in [-0.15, -0.1) is 0 Å². The minimum atomic E-state index is -3.06. The lowest BCUT2D eigenvalue weighted by Gasteiger charge is -2.28. The Labute approximate surface area is 302 Å². The van der Waals surface area contributed by atoms with E-state index in [2.05, 4.69) is 9.72 Å². The maximum atomic E-state index is 13.3. The third-order valence-corrected chi connectivity index (χ3v) is 8.64. The van der Waals surface area contributed by atoms with Crippen LogP contribution in [0.5, 0.6) is 11.5 Å². The van der Waals surface area contributed by atoms with Crippen molar-refractivity contribution in [1.82, 2.24) is 9.88 Å². The molecule has 0 amide bonds. The lowest BCUT2D eigenvalue weighted by atomic mass is 10.0. The zero-order valence-electron chi connectivity index (χ0n) is 27.9. The van der Waals surface area contributed by atoms with E-state index in [4.69, 9.17) is 37.4 Å². The molecule has 0 radical (unpaired) electrons. The van der Waals surface area contributed by atoms with Gasteiger partial charge < -0.3 is 23.5 Å². The molecule has 4 rings (SSSR count). The van der Waals surface area contributed by atoms with Crippen LogP contribution in [0.2, 0.25) is 10.0 Å². The van der Waals surface area contributed by atoms with Gasteiger partial charge in [-0.2, -0.15) is 8.78 Å². The summed E-state index contributed by atoms with van der Waals surface area (Å²) in [7, 11) is 1.70. The number of esters is 2. The largest absolute Gasteiger partial charge is 0.755 e. The smallest absolute Gasteiger partial charge is 0.387 e. The molecule has 1 heterocycles. The van der Waals surface area contributed by atoms with Crippen LogP contribution in [0, 0.1) is 5.92 Å². The number of hydrogen-bond donors (Lipinski definition) is 0. The van der Waals surface area contributed by atoms with Gasteiger partial charge in [-0.25, -0.2) is 0 Å². The Kier molecular flexibility index (Phi) is 13.8. The van der Waals surface area contributed by atoms with Gasteiger partial charge in [0, 0.05) is 42.3 Å². The van der Waals surface area contributed by atoms with Crippen LogP contribution in [-0.4, -0.2) is 69.5 Å². The fourth-order valence-electron chi connectivity index (χ4n) is 4.84. The van der Waals surface area contributed by atoms with Crippen molar-refractivity contribution in [2.24, 2.45) is 5.92 Å². The predicted octanol–water partition coefficient (Wildman–Crippen LogP) is 6.68. The summed E-state index contributed by atoms with van der Waals surface area (Å²) in [6, 6.07) is 10.8. The minimum Gasteiger partial charge on any atom is -0.755 e. The average molecular weight is 758 g/mol. The van der Waals surface area contributed by atoms with E-state index in [0.717, 1.165) is 22.7 Å². The van der Waals surface area contributed by atoms with Gasteiger partial charge in [0.1, 0.15) is 18.2 Å². The molecule has 0 bridgehead atoms. The number of likely N-dealkylation sites (N-methyl/N-ethyl adjacent to an activating group) is 1. The summed E-state index contributed by atoms with van der Waals surface area (Å²) in [4.78, 5) is 31.2. The molecule has 1 aliphatic carbocycles. The quantitative estimate of drug-likeness (QED) is 0.109. The molecule has 2 atom stereocenters. The summed E-state index contributed by atoms with van der Waals surface area (Å²) >= 11 is 10.1. The highest BCUT2D eigenvalue weighted by Gasteiger charge is 2.26. The molecule has 11 nitrogen and oxygen atoms in total. The molecule has 1 aromatic heterocycles. The Balaban J connectivity index is 1.47. The van der Waals surface area contributed by atoms with E-state index < -0.39 is 48.1 Å². The van der Waals surface area contributed by atoms with Crippen molar-refractivity contribution < 1.29 is 46.1 Å². The van der Waals surface area contributed by atoms with Crippen molar-refractivity contribution in [2.75, 3.05) is 31.0 Å². The van der Waals surface area contributed by atoms with Crippen molar-refractivity contribution in [3.05, 3.63) is 81.6 Å². The van der Waals surface area contributed by atoms with Crippen LogP contribution in [0.1, 0.15) is 56.4 Å². The minimum absolute atomic E-state index is 0.0507. The Hall–Kier alpha value is -3.56. The summed E-state index contributed by atoms with van der Waals surface area (Å²) < 4.78 is 72.6. The van der Waals surface area contributed by atoms with Gasteiger partial charge in [0.15, 0.2) is 11.5 Å². The van der Waals surface area contributed by atoms with Gasteiger partial charge in [0.25, 0.3) is 0 Å². The topological polar surface area (TPSA) is 131 Å². The molecule has 0 aliphatic heterocycles. The molecule has 16 heteroatoms. The first-order valence-corrected chi connectivity index (χ1v) is 17.4. The Morgan fingerprint density at radius 3 is 2.26 bits per heavy atom. The van der Waals surface area contributed by atoms with Gasteiger partial charge in [-0.3, -0.25) is 28.0 Å². The van der Waals surface area contributed by atoms with E-state index in [1.165, 1.54) is 30.6 Å². The van der Waals surface area contributed by atoms with Gasteiger partial charge >= 0.3 is 18.6 Å². The molecule has 0 N–H and O–H groups in total. The van der Waals surface area contributed by atoms with Crippen molar-refractivity contribution >= 4 is 52.1 Å². The third-order valence-electron chi connectivity index (χ3n) is 7.29. The number of rotatable bonds is 17. The van der Waals surface area contributed by atoms with Crippen LogP contribution in [0.25, 0.3) is 0 Å². The molecular formula is C34H38Cl2F2N3O8S-. The van der Waals surface area contributed by atoms with Crippen LogP contribution < -0.4 is 13.8 Å². The first kappa shape index (κ1) is 39.2. The number of carbonyl (C=O) groups excluding carboxylic acids is 2. The van der Waals surface area contributed by atoms with Gasteiger partial charge in [-0.05, 0) is 87.5 Å². The standard InChI is InChI=1S/C34H39Cl2F2N3O8S/c1-34(2,3)49-32(43)19-41(50(44)45)24-10-7-21(8-11-24)17-40(4)18-31(42)47-29(14-25-26(35)15-39-16-27(25)36)23-9-12-28(48-33(37)38)30(13-23)46-20-22-5-6-22/h7-13,15-16,22,29,33H,5-6,14,17-20H2,1-4H3,(H,44,45)/p-1/t29-/m0/s1. The Morgan fingerprint density at radius 1 is 1.02 bits per heavy atom.